The number of carbonyl (C=O) groups excluding carboxylic acids is 2. The van der Waals surface area contributed by atoms with Gasteiger partial charge in [-0.2, -0.15) is 0 Å². The summed E-state index contributed by atoms with van der Waals surface area (Å²) in [5.41, 5.74) is 0.663. The Balaban J connectivity index is 1.41. The third-order valence-corrected chi connectivity index (χ3v) is 5.23. The number of hydrogen-bond acceptors (Lipinski definition) is 5. The summed E-state index contributed by atoms with van der Waals surface area (Å²) >= 11 is 0. The summed E-state index contributed by atoms with van der Waals surface area (Å²) in [5, 5.41) is 7.13. The van der Waals surface area contributed by atoms with E-state index < -0.39 is 5.54 Å². The van der Waals surface area contributed by atoms with Crippen LogP contribution in [-0.2, 0) is 6.54 Å². The molecule has 1 aromatic carbocycles. The van der Waals surface area contributed by atoms with Gasteiger partial charge < -0.3 is 14.7 Å². The van der Waals surface area contributed by atoms with E-state index in [0.717, 1.165) is 10.7 Å². The summed E-state index contributed by atoms with van der Waals surface area (Å²) in [6.45, 7) is 1.11. The Morgan fingerprint density at radius 3 is 2.81 bits per heavy atom. The van der Waals surface area contributed by atoms with E-state index in [1.165, 1.54) is 12.5 Å². The minimum atomic E-state index is -0.864. The van der Waals surface area contributed by atoms with Crippen molar-refractivity contribution in [1.29, 1.82) is 0 Å². The van der Waals surface area contributed by atoms with E-state index in [4.69, 9.17) is 4.52 Å². The molecule has 2 amide bonds. The van der Waals surface area contributed by atoms with Crippen LogP contribution in [0.3, 0.4) is 0 Å². The second-order valence-corrected chi connectivity index (χ2v) is 6.80. The average molecular weight is 358 g/mol. The van der Waals surface area contributed by atoms with Crippen molar-refractivity contribution in [3.8, 4) is 0 Å². The van der Waals surface area contributed by atoms with Crippen molar-refractivity contribution < 1.29 is 18.6 Å². The molecule has 2 aliphatic rings. The molecule has 0 unspecified atom stereocenters. The first-order valence-corrected chi connectivity index (χ1v) is 8.58. The normalized spacial score (nSPS) is 18.7. The fourth-order valence-electron chi connectivity index (χ4n) is 3.70. The van der Waals surface area contributed by atoms with Crippen molar-refractivity contribution in [2.24, 2.45) is 0 Å². The molecule has 0 aliphatic carbocycles. The molecule has 4 rings (SSSR count). The van der Waals surface area contributed by atoms with E-state index in [1.54, 1.807) is 29.2 Å². The number of nitrogens with one attached hydrogen (secondary N) is 1. The molecule has 0 atom stereocenters. The van der Waals surface area contributed by atoms with Crippen LogP contribution in [0.1, 0.15) is 35.2 Å². The largest absolute Gasteiger partial charge is 0.364 e. The molecular formula is C18H19FN4O3. The van der Waals surface area contributed by atoms with Gasteiger partial charge in [0.05, 0.1) is 17.4 Å². The summed E-state index contributed by atoms with van der Waals surface area (Å²) in [4.78, 5) is 26.4. The molecular weight excluding hydrogens is 339 g/mol. The van der Waals surface area contributed by atoms with Gasteiger partial charge in [0.1, 0.15) is 6.26 Å². The lowest BCUT2D eigenvalue weighted by molar-refractivity contribution is 0.0805. The lowest BCUT2D eigenvalue weighted by Crippen LogP contribution is -2.57. The van der Waals surface area contributed by atoms with Crippen molar-refractivity contribution in [3.63, 3.8) is 0 Å². The van der Waals surface area contributed by atoms with Gasteiger partial charge in [-0.05, 0) is 25.0 Å². The number of rotatable bonds is 2. The van der Waals surface area contributed by atoms with Crippen LogP contribution in [0.4, 0.5) is 15.0 Å². The van der Waals surface area contributed by atoms with E-state index in [1.807, 2.05) is 0 Å². The molecule has 2 aromatic rings. The van der Waals surface area contributed by atoms with E-state index >= 15 is 4.48 Å². The maximum atomic E-state index is 15.1. The zero-order valence-corrected chi connectivity index (χ0v) is 14.2. The van der Waals surface area contributed by atoms with Crippen LogP contribution in [0.15, 0.2) is 41.2 Å². The van der Waals surface area contributed by atoms with Gasteiger partial charge in [0.15, 0.2) is 5.78 Å². The monoisotopic (exact) mass is 358 g/mol. The third-order valence-electron chi connectivity index (χ3n) is 5.23. The van der Waals surface area contributed by atoms with Crippen molar-refractivity contribution >= 4 is 17.5 Å². The summed E-state index contributed by atoms with van der Waals surface area (Å²) in [6.07, 6.45) is 3.96. The summed E-state index contributed by atoms with van der Waals surface area (Å²) in [6, 6.07) is 6.54. The third kappa shape index (κ3) is 2.81. The standard InChI is InChI=1S/C18H19FN4O3/c19-23-15-4-2-1-3-14(15)16(24)9-18(23)5-7-22(8-6-18)17(25)20-10-13-11-21-26-12-13/h1-4,11-12H,5-10H2,(H,20,25). The fraction of sp³-hybridized carbons (Fsp3) is 0.389. The number of likely N-dealkylation sites (tertiary alicyclic amines) is 1. The van der Waals surface area contributed by atoms with Crippen molar-refractivity contribution in [3.05, 3.63) is 47.9 Å². The van der Waals surface area contributed by atoms with E-state index in [2.05, 4.69) is 10.5 Å². The molecule has 0 saturated carbocycles. The highest BCUT2D eigenvalue weighted by molar-refractivity contribution is 6.04. The second kappa shape index (κ2) is 6.44. The number of para-hydroxylation sites is 1. The smallest absolute Gasteiger partial charge is 0.317 e. The topological polar surface area (TPSA) is 78.7 Å². The highest BCUT2D eigenvalue weighted by atomic mass is 19.2. The molecule has 0 bridgehead atoms. The molecule has 3 heterocycles. The molecule has 1 aromatic heterocycles. The summed E-state index contributed by atoms with van der Waals surface area (Å²) in [5.74, 6) is -0.0418. The van der Waals surface area contributed by atoms with E-state index in [9.17, 15) is 9.59 Å². The summed E-state index contributed by atoms with van der Waals surface area (Å²) < 4.78 is 19.8. The number of aromatic nitrogens is 1. The van der Waals surface area contributed by atoms with E-state index in [-0.39, 0.29) is 18.2 Å². The Morgan fingerprint density at radius 1 is 1.31 bits per heavy atom. The lowest BCUT2D eigenvalue weighted by Gasteiger charge is -2.47. The predicted molar refractivity (Wildman–Crippen MR) is 91.3 cm³/mol. The first-order valence-electron chi connectivity index (χ1n) is 8.58. The fourth-order valence-corrected chi connectivity index (χ4v) is 3.70. The number of hydrogen-bond donors (Lipinski definition) is 1. The number of Topliss-reactive ketones (excluding diaryl/α,β-unsaturated/α-hetero) is 1. The highest BCUT2D eigenvalue weighted by Crippen LogP contribution is 2.42. The number of nitrogens with zero attached hydrogens (tertiary/aromatic N) is 3. The molecule has 1 fully saturated rings. The van der Waals surface area contributed by atoms with Gasteiger partial charge >= 0.3 is 6.03 Å². The van der Waals surface area contributed by atoms with Crippen LogP contribution in [-0.4, -0.2) is 40.5 Å². The van der Waals surface area contributed by atoms with Crippen LogP contribution in [0.25, 0.3) is 0 Å². The van der Waals surface area contributed by atoms with Crippen molar-refractivity contribution in [2.45, 2.75) is 31.3 Å². The lowest BCUT2D eigenvalue weighted by atomic mass is 9.78. The van der Waals surface area contributed by atoms with Crippen molar-refractivity contribution in [2.75, 3.05) is 18.2 Å². The quantitative estimate of drug-likeness (QED) is 0.835. The van der Waals surface area contributed by atoms with Gasteiger partial charge in [0.2, 0.25) is 0 Å². The van der Waals surface area contributed by atoms with Gasteiger partial charge in [0.25, 0.3) is 0 Å². The zero-order chi connectivity index (χ0) is 18.1. The molecule has 2 aliphatic heterocycles. The van der Waals surface area contributed by atoms with Gasteiger partial charge in [-0.15, -0.1) is 0 Å². The Bertz CT molecular complexity index is 816. The molecule has 8 heteroatoms. The summed E-state index contributed by atoms with van der Waals surface area (Å²) in [7, 11) is 0. The zero-order valence-electron chi connectivity index (χ0n) is 14.2. The maximum Gasteiger partial charge on any atom is 0.317 e. The van der Waals surface area contributed by atoms with Crippen LogP contribution in [0, 0.1) is 0 Å². The Hall–Kier alpha value is -2.90. The van der Waals surface area contributed by atoms with Gasteiger partial charge in [-0.3, -0.25) is 4.79 Å². The van der Waals surface area contributed by atoms with E-state index in [0.29, 0.717) is 43.7 Å². The van der Waals surface area contributed by atoms with Crippen LogP contribution < -0.4 is 10.4 Å². The van der Waals surface area contributed by atoms with Gasteiger partial charge in [-0.1, -0.05) is 21.8 Å². The molecule has 7 nitrogen and oxygen atoms in total. The Labute approximate surface area is 149 Å². The molecule has 26 heavy (non-hydrogen) atoms. The second-order valence-electron chi connectivity index (χ2n) is 6.80. The number of anilines is 1. The number of benzene rings is 1. The minimum Gasteiger partial charge on any atom is -0.364 e. The average Bonchev–Trinajstić information content (AvgIpc) is 3.19. The van der Waals surface area contributed by atoms with Crippen LogP contribution in [0.5, 0.6) is 0 Å². The number of carbonyl (C=O) groups is 2. The first kappa shape index (κ1) is 16.6. The number of fused-ring (bicyclic) bond motifs is 1. The van der Waals surface area contributed by atoms with Crippen LogP contribution in [0.2, 0.25) is 0 Å². The highest BCUT2D eigenvalue weighted by Gasteiger charge is 2.47. The SMILES string of the molecule is O=C1CC2(CCN(C(=O)NCc3cnoc3)CC2)N(F)c2ccccc21. The molecule has 1 N–H and O–H groups in total. The molecule has 1 saturated heterocycles. The number of halogens is 1. The molecule has 136 valence electrons. The Kier molecular flexibility index (Phi) is 4.10. The number of piperidine rings is 1. The minimum absolute atomic E-state index is 0.0418. The maximum absolute atomic E-state index is 15.1. The predicted octanol–water partition coefficient (Wildman–Crippen LogP) is 2.70. The first-order chi connectivity index (χ1) is 12.6. The van der Waals surface area contributed by atoms with Crippen molar-refractivity contribution in [1.82, 2.24) is 15.4 Å². The number of urea groups is 1. The number of ketones is 1. The molecule has 0 radical (unpaired) electrons. The Morgan fingerprint density at radius 2 is 2.08 bits per heavy atom. The molecule has 1 spiro atoms. The van der Waals surface area contributed by atoms with Crippen LogP contribution >= 0.6 is 0 Å². The van der Waals surface area contributed by atoms with Gasteiger partial charge in [-0.25, -0.2) is 9.92 Å². The number of amides is 2. The van der Waals surface area contributed by atoms with Gasteiger partial charge in [0, 0.05) is 37.2 Å².